The monoisotopic (exact) mass is 700 g/mol. The molecule has 1 aliphatic rings. The third-order valence-electron chi connectivity index (χ3n) is 8.80. The minimum Gasteiger partial charge on any atom is -0.490 e. The molecule has 50 heavy (non-hydrogen) atoms. The van der Waals surface area contributed by atoms with Gasteiger partial charge in [0.2, 0.25) is 5.91 Å². The molecule has 10 nitrogen and oxygen atoms in total. The number of nitrogens with zero attached hydrogens (tertiary/aromatic N) is 2. The van der Waals surface area contributed by atoms with E-state index < -0.39 is 43.0 Å². The first-order valence-electron chi connectivity index (χ1n) is 17.0. The number of fused-ring (bicyclic) bond motifs is 2. The lowest BCUT2D eigenvalue weighted by Crippen LogP contribution is -2.48. The smallest absolute Gasteiger partial charge is 0.389 e. The highest BCUT2D eigenvalue weighted by molar-refractivity contribution is 6.02. The van der Waals surface area contributed by atoms with E-state index in [9.17, 15) is 32.7 Å². The van der Waals surface area contributed by atoms with Gasteiger partial charge in [-0.25, -0.2) is 4.79 Å². The number of carbonyl (C=O) groups excluding carboxylic acids is 3. The Labute approximate surface area is 290 Å². The quantitative estimate of drug-likeness (QED) is 0.231. The van der Waals surface area contributed by atoms with Gasteiger partial charge in [0.15, 0.2) is 0 Å². The van der Waals surface area contributed by atoms with Crippen LogP contribution in [0.4, 0.5) is 29.3 Å². The van der Waals surface area contributed by atoms with Crippen molar-refractivity contribution in [1.29, 1.82) is 0 Å². The zero-order valence-corrected chi connectivity index (χ0v) is 29.0. The van der Waals surface area contributed by atoms with Gasteiger partial charge >= 0.3 is 12.2 Å². The minimum atomic E-state index is -4.48. The second kappa shape index (κ2) is 17.5. The summed E-state index contributed by atoms with van der Waals surface area (Å²) in [7, 11) is 1.68. The average Bonchev–Trinajstić information content (AvgIpc) is 3.08. The van der Waals surface area contributed by atoms with Crippen LogP contribution >= 0.6 is 0 Å². The van der Waals surface area contributed by atoms with Crippen LogP contribution in [0.15, 0.2) is 60.7 Å². The van der Waals surface area contributed by atoms with Crippen LogP contribution in [0.3, 0.4) is 0 Å². The van der Waals surface area contributed by atoms with Gasteiger partial charge in [-0.2, -0.15) is 13.2 Å². The number of ether oxygens (including phenoxy) is 2. The molecular formula is C37H47F3N4O6. The number of hydrogen-bond donors (Lipinski definition) is 3. The number of aliphatic hydroxyl groups is 1. The van der Waals surface area contributed by atoms with Gasteiger partial charge in [0.25, 0.3) is 5.91 Å². The summed E-state index contributed by atoms with van der Waals surface area (Å²) in [6.07, 6.45) is -5.14. The topological polar surface area (TPSA) is 120 Å². The molecule has 3 aromatic rings. The fourth-order valence-electron chi connectivity index (χ4n) is 5.84. The Morgan fingerprint density at radius 2 is 1.80 bits per heavy atom. The number of rotatable bonds is 8. The SMILES string of the molecule is C[C@@H]1CCCCO[C@@H](CN(C)C(=O)Nc2cccc3ccccc23)[C@@H](C)CN([C@H](C)CO)C(=O)c2cc(NC(=O)CCC(F)(F)F)ccc2O1. The molecule has 4 atom stereocenters. The number of anilines is 2. The normalized spacial score (nSPS) is 19.9. The number of hydrogen-bond acceptors (Lipinski definition) is 6. The maximum Gasteiger partial charge on any atom is 0.389 e. The van der Waals surface area contributed by atoms with E-state index in [-0.39, 0.29) is 54.7 Å². The molecule has 13 heteroatoms. The molecule has 3 aromatic carbocycles. The van der Waals surface area contributed by atoms with E-state index in [1.807, 2.05) is 56.3 Å². The standard InChI is InChI=1S/C37H47F3N4O6/c1-24-21-44(25(2)23-45)35(47)30-20-28(41-34(46)17-18-37(38,39)40)15-16-32(30)50-26(3)10-7-8-19-49-33(24)22-43(4)36(48)42-31-14-9-12-27-11-5-6-13-29(27)31/h5-6,9,11-16,20,24-26,33,45H,7-8,10,17-19,21-23H2,1-4H3,(H,41,46)(H,42,48)/t24-,25+,26+,33-/m0/s1. The molecule has 0 radical (unpaired) electrons. The molecule has 0 bridgehead atoms. The zero-order chi connectivity index (χ0) is 36.4. The number of likely N-dealkylation sites (N-methyl/N-ethyl adjacent to an activating group) is 1. The fourth-order valence-corrected chi connectivity index (χ4v) is 5.84. The van der Waals surface area contributed by atoms with Crippen LogP contribution in [0.25, 0.3) is 10.8 Å². The number of alkyl halides is 3. The van der Waals surface area contributed by atoms with Crippen LogP contribution in [-0.2, 0) is 9.53 Å². The maximum absolute atomic E-state index is 14.3. The molecule has 0 unspecified atom stereocenters. The zero-order valence-electron chi connectivity index (χ0n) is 29.0. The molecule has 0 spiro atoms. The number of benzene rings is 3. The summed E-state index contributed by atoms with van der Waals surface area (Å²) < 4.78 is 50.6. The molecule has 272 valence electrons. The summed E-state index contributed by atoms with van der Waals surface area (Å²) in [6, 6.07) is 16.9. The first kappa shape index (κ1) is 38.4. The molecule has 0 aromatic heterocycles. The number of amides is 4. The highest BCUT2D eigenvalue weighted by atomic mass is 19.4. The second-order valence-corrected chi connectivity index (χ2v) is 13.0. The molecule has 0 saturated heterocycles. The lowest BCUT2D eigenvalue weighted by Gasteiger charge is -2.35. The second-order valence-electron chi connectivity index (χ2n) is 13.0. The van der Waals surface area contributed by atoms with Gasteiger partial charge in [0.05, 0.1) is 42.5 Å². The largest absolute Gasteiger partial charge is 0.490 e. The average molecular weight is 701 g/mol. The van der Waals surface area contributed by atoms with Crippen molar-refractivity contribution in [3.05, 3.63) is 66.2 Å². The Balaban J connectivity index is 1.57. The maximum atomic E-state index is 14.3. The molecule has 1 aliphatic heterocycles. The summed E-state index contributed by atoms with van der Waals surface area (Å²) in [5, 5.41) is 17.5. The third kappa shape index (κ3) is 10.8. The van der Waals surface area contributed by atoms with E-state index >= 15 is 0 Å². The van der Waals surface area contributed by atoms with Crippen molar-refractivity contribution >= 4 is 40.0 Å². The fraction of sp³-hybridized carbons (Fsp3) is 0.486. The van der Waals surface area contributed by atoms with Gasteiger partial charge in [0.1, 0.15) is 5.75 Å². The van der Waals surface area contributed by atoms with Crippen molar-refractivity contribution in [1.82, 2.24) is 9.80 Å². The number of aliphatic hydroxyl groups excluding tert-OH is 1. The lowest BCUT2D eigenvalue weighted by atomic mass is 10.0. The van der Waals surface area contributed by atoms with Gasteiger partial charge in [-0.15, -0.1) is 0 Å². The van der Waals surface area contributed by atoms with Crippen LogP contribution < -0.4 is 15.4 Å². The molecule has 3 N–H and O–H groups in total. The number of carbonyl (C=O) groups is 3. The molecular weight excluding hydrogens is 653 g/mol. The third-order valence-corrected chi connectivity index (χ3v) is 8.80. The first-order chi connectivity index (χ1) is 23.8. The van der Waals surface area contributed by atoms with Gasteiger partial charge < -0.3 is 35.0 Å². The molecule has 4 rings (SSSR count). The van der Waals surface area contributed by atoms with Gasteiger partial charge in [-0.3, -0.25) is 9.59 Å². The van der Waals surface area contributed by atoms with Gasteiger partial charge in [0, 0.05) is 50.2 Å². The first-order valence-corrected chi connectivity index (χ1v) is 17.0. The van der Waals surface area contributed by atoms with Crippen molar-refractivity contribution in [2.75, 3.05) is 44.0 Å². The Morgan fingerprint density at radius 3 is 2.54 bits per heavy atom. The van der Waals surface area contributed by atoms with Crippen LogP contribution in [0.5, 0.6) is 5.75 Å². The van der Waals surface area contributed by atoms with E-state index in [2.05, 4.69) is 10.6 Å². The van der Waals surface area contributed by atoms with E-state index in [0.717, 1.165) is 23.6 Å². The van der Waals surface area contributed by atoms with Crippen LogP contribution in [0, 0.1) is 5.92 Å². The summed E-state index contributed by atoms with van der Waals surface area (Å²) >= 11 is 0. The Kier molecular flexibility index (Phi) is 13.5. The highest BCUT2D eigenvalue weighted by Crippen LogP contribution is 2.29. The van der Waals surface area contributed by atoms with Crippen molar-refractivity contribution in [3.63, 3.8) is 0 Å². The minimum absolute atomic E-state index is 0.0964. The van der Waals surface area contributed by atoms with E-state index in [0.29, 0.717) is 18.7 Å². The Hall–Kier alpha value is -4.36. The van der Waals surface area contributed by atoms with Gasteiger partial charge in [-0.05, 0) is 62.8 Å². The van der Waals surface area contributed by atoms with Crippen LogP contribution in [-0.4, -0.2) is 90.5 Å². The van der Waals surface area contributed by atoms with E-state index in [4.69, 9.17) is 9.47 Å². The van der Waals surface area contributed by atoms with Crippen molar-refractivity contribution in [3.8, 4) is 5.75 Å². The Bertz CT molecular complexity index is 1610. The lowest BCUT2D eigenvalue weighted by molar-refractivity contribution is -0.142. The van der Waals surface area contributed by atoms with Crippen molar-refractivity contribution in [2.24, 2.45) is 5.92 Å². The van der Waals surface area contributed by atoms with E-state index in [1.165, 1.54) is 23.1 Å². The van der Waals surface area contributed by atoms with E-state index in [1.54, 1.807) is 18.9 Å². The molecule has 0 saturated carbocycles. The molecule has 1 heterocycles. The van der Waals surface area contributed by atoms with Crippen molar-refractivity contribution in [2.45, 2.75) is 77.3 Å². The molecule has 4 amide bonds. The number of urea groups is 1. The Morgan fingerprint density at radius 1 is 1.06 bits per heavy atom. The summed E-state index contributed by atoms with van der Waals surface area (Å²) in [4.78, 5) is 43.0. The summed E-state index contributed by atoms with van der Waals surface area (Å²) in [5.41, 5.74) is 0.921. The van der Waals surface area contributed by atoms with Gasteiger partial charge in [-0.1, -0.05) is 43.3 Å². The van der Waals surface area contributed by atoms with Crippen molar-refractivity contribution < 1.29 is 42.1 Å². The number of nitrogens with one attached hydrogen (secondary N) is 2. The predicted octanol–water partition coefficient (Wildman–Crippen LogP) is 7.08. The molecule has 0 aliphatic carbocycles. The molecule has 0 fully saturated rings. The number of halogens is 3. The highest BCUT2D eigenvalue weighted by Gasteiger charge is 2.32. The predicted molar refractivity (Wildman–Crippen MR) is 186 cm³/mol. The van der Waals surface area contributed by atoms with Crippen LogP contribution in [0.2, 0.25) is 0 Å². The summed E-state index contributed by atoms with van der Waals surface area (Å²) in [5.74, 6) is -1.39. The van der Waals surface area contributed by atoms with Crippen LogP contribution in [0.1, 0.15) is 63.2 Å². The summed E-state index contributed by atoms with van der Waals surface area (Å²) in [6.45, 7) is 5.91.